The van der Waals surface area contributed by atoms with E-state index in [0.717, 1.165) is 0 Å². The molecular formula is C6H22O3Si4. The fourth-order valence-electron chi connectivity index (χ4n) is 1.84. The first-order valence-corrected chi connectivity index (χ1v) is 12.7. The zero-order valence-corrected chi connectivity index (χ0v) is 11.7. The van der Waals surface area contributed by atoms with Crippen LogP contribution in [0.3, 0.4) is 0 Å². The zero-order valence-electron chi connectivity index (χ0n) is 8.72. The summed E-state index contributed by atoms with van der Waals surface area (Å²) < 4.78 is 17.6. The van der Waals surface area contributed by atoms with Crippen molar-refractivity contribution in [2.24, 2.45) is 0 Å². The third kappa shape index (κ3) is 4.19. The molecule has 0 amide bonds. The van der Waals surface area contributed by atoms with Crippen molar-refractivity contribution >= 4 is 36.6 Å². The molecule has 13 heavy (non-hydrogen) atoms. The molecule has 0 aromatic rings. The second kappa shape index (κ2) is 3.72. The predicted octanol–water partition coefficient (Wildman–Crippen LogP) is 0.704. The maximum Gasteiger partial charge on any atom is 0.314 e. The van der Waals surface area contributed by atoms with Gasteiger partial charge in [-0.25, -0.2) is 0 Å². The van der Waals surface area contributed by atoms with Crippen LogP contribution in [0.4, 0.5) is 0 Å². The van der Waals surface area contributed by atoms with Crippen molar-refractivity contribution in [3.8, 4) is 0 Å². The summed E-state index contributed by atoms with van der Waals surface area (Å²) in [4.78, 5) is 0. The summed E-state index contributed by atoms with van der Waals surface area (Å²) in [5.41, 5.74) is 0. The van der Waals surface area contributed by atoms with E-state index in [1.54, 1.807) is 0 Å². The van der Waals surface area contributed by atoms with Gasteiger partial charge in [0.1, 0.15) is 0 Å². The monoisotopic (exact) mass is 254 g/mol. The van der Waals surface area contributed by atoms with Gasteiger partial charge in [-0.15, -0.1) is 0 Å². The zero-order chi connectivity index (χ0) is 9.62. The Morgan fingerprint density at radius 1 is 0.538 bits per heavy atom. The number of hydrogen-bond acceptors (Lipinski definition) is 3. The van der Waals surface area contributed by atoms with Crippen LogP contribution in [-0.2, 0) is 12.3 Å². The molecule has 1 aliphatic rings. The van der Waals surface area contributed by atoms with E-state index in [-0.39, 0.29) is 11.0 Å². The summed E-state index contributed by atoms with van der Waals surface area (Å²) in [7, 11) is -5.59. The molecule has 0 N–H and O–H groups in total. The van der Waals surface area contributed by atoms with Crippen LogP contribution in [0.1, 0.15) is 0 Å². The normalized spacial score (nSPS) is 29.1. The highest BCUT2D eigenvalue weighted by atomic mass is 28.5. The Bertz CT molecular complexity index is 147. The molecule has 1 heterocycles. The third-order valence-electron chi connectivity index (χ3n) is 1.47. The molecule has 1 aliphatic heterocycles. The van der Waals surface area contributed by atoms with Crippen LogP contribution in [0.25, 0.3) is 0 Å². The van der Waals surface area contributed by atoms with Gasteiger partial charge in [0.15, 0.2) is 0 Å². The second-order valence-corrected chi connectivity index (χ2v) is 15.4. The molecule has 7 heteroatoms. The minimum Gasteiger partial charge on any atom is -0.416 e. The quantitative estimate of drug-likeness (QED) is 0.596. The second-order valence-electron chi connectivity index (χ2n) is 4.51. The van der Waals surface area contributed by atoms with Crippen LogP contribution in [-0.4, -0.2) is 36.6 Å². The standard InChI is InChI=1S/C6H18O3Si3.H4Si/c1-10(2)7-11(3,4)9-12(5,6)8-10;/h1-6H3;1H4. The molecule has 0 atom stereocenters. The largest absolute Gasteiger partial charge is 0.416 e. The fraction of sp³-hybridized carbons (Fsp3) is 1.00. The lowest BCUT2D eigenvalue weighted by atomic mass is 11.9. The molecular weight excluding hydrogens is 232 g/mol. The Labute approximate surface area is 88.6 Å². The maximum atomic E-state index is 5.86. The van der Waals surface area contributed by atoms with Gasteiger partial charge in [0.05, 0.1) is 0 Å². The summed E-state index contributed by atoms with van der Waals surface area (Å²) in [5.74, 6) is 0. The Morgan fingerprint density at radius 3 is 0.846 bits per heavy atom. The van der Waals surface area contributed by atoms with E-state index < -0.39 is 25.7 Å². The highest BCUT2D eigenvalue weighted by Gasteiger charge is 2.49. The van der Waals surface area contributed by atoms with Gasteiger partial charge < -0.3 is 12.3 Å². The minimum absolute atomic E-state index is 0. The Kier molecular flexibility index (Phi) is 3.93. The molecule has 1 fully saturated rings. The summed E-state index contributed by atoms with van der Waals surface area (Å²) >= 11 is 0. The lowest BCUT2D eigenvalue weighted by molar-refractivity contribution is 0.238. The average molecular weight is 255 g/mol. The van der Waals surface area contributed by atoms with E-state index in [2.05, 4.69) is 39.3 Å². The SMILES string of the molecule is C[Si]1(C)O[Si](C)(C)O[Si](C)(C)O1.[SiH4]. The third-order valence-corrected chi connectivity index (χ3v) is 13.3. The van der Waals surface area contributed by atoms with Crippen molar-refractivity contribution < 1.29 is 12.3 Å². The van der Waals surface area contributed by atoms with Crippen LogP contribution in [0.2, 0.25) is 39.3 Å². The van der Waals surface area contributed by atoms with Crippen molar-refractivity contribution in [1.82, 2.24) is 0 Å². The van der Waals surface area contributed by atoms with Crippen LogP contribution in [0.15, 0.2) is 0 Å². The first-order chi connectivity index (χ1) is 5.12. The molecule has 0 aromatic heterocycles. The Hall–Kier alpha value is 0.748. The molecule has 0 saturated carbocycles. The molecule has 80 valence electrons. The molecule has 0 spiro atoms. The summed E-state index contributed by atoms with van der Waals surface area (Å²) in [6, 6.07) is 0. The molecule has 0 aliphatic carbocycles. The molecule has 1 rings (SSSR count). The van der Waals surface area contributed by atoms with E-state index in [1.807, 2.05) is 0 Å². The van der Waals surface area contributed by atoms with E-state index in [1.165, 1.54) is 0 Å². The molecule has 0 aromatic carbocycles. The molecule has 1 saturated heterocycles. The number of rotatable bonds is 0. The average Bonchev–Trinajstić information content (AvgIpc) is 1.44. The predicted molar refractivity (Wildman–Crippen MR) is 67.0 cm³/mol. The van der Waals surface area contributed by atoms with Gasteiger partial charge in [-0.3, -0.25) is 0 Å². The van der Waals surface area contributed by atoms with Gasteiger partial charge in [-0.1, -0.05) is 0 Å². The molecule has 0 radical (unpaired) electrons. The highest BCUT2D eigenvalue weighted by Crippen LogP contribution is 2.29. The molecule has 0 unspecified atom stereocenters. The van der Waals surface area contributed by atoms with Crippen molar-refractivity contribution in [3.05, 3.63) is 0 Å². The number of hydrogen-bond donors (Lipinski definition) is 0. The summed E-state index contributed by atoms with van der Waals surface area (Å²) in [5, 5.41) is 0. The first-order valence-electron chi connectivity index (χ1n) is 4.22. The van der Waals surface area contributed by atoms with E-state index in [0.29, 0.717) is 0 Å². The Balaban J connectivity index is 0.00000144. The first kappa shape index (κ1) is 13.7. The lowest BCUT2D eigenvalue weighted by Crippen LogP contribution is -2.64. The highest BCUT2D eigenvalue weighted by molar-refractivity contribution is 6.92. The minimum atomic E-state index is -1.86. The van der Waals surface area contributed by atoms with Gasteiger partial charge in [0.25, 0.3) is 0 Å². The fourth-order valence-corrected chi connectivity index (χ4v) is 17.7. The smallest absolute Gasteiger partial charge is 0.314 e. The van der Waals surface area contributed by atoms with Crippen molar-refractivity contribution in [2.45, 2.75) is 39.3 Å². The Morgan fingerprint density at radius 2 is 0.692 bits per heavy atom. The van der Waals surface area contributed by atoms with E-state index in [4.69, 9.17) is 12.3 Å². The van der Waals surface area contributed by atoms with Gasteiger partial charge in [-0.2, -0.15) is 0 Å². The van der Waals surface area contributed by atoms with Gasteiger partial charge in [0, 0.05) is 0 Å². The van der Waals surface area contributed by atoms with Crippen LogP contribution < -0.4 is 0 Å². The molecule has 3 nitrogen and oxygen atoms in total. The van der Waals surface area contributed by atoms with Gasteiger partial charge in [0.2, 0.25) is 0 Å². The molecule has 0 bridgehead atoms. The lowest BCUT2D eigenvalue weighted by Gasteiger charge is -2.46. The summed E-state index contributed by atoms with van der Waals surface area (Å²) in [6.07, 6.45) is 0. The summed E-state index contributed by atoms with van der Waals surface area (Å²) in [6.45, 7) is 12.6. The topological polar surface area (TPSA) is 27.7 Å². The van der Waals surface area contributed by atoms with Crippen molar-refractivity contribution in [3.63, 3.8) is 0 Å². The van der Waals surface area contributed by atoms with Gasteiger partial charge >= 0.3 is 25.7 Å². The van der Waals surface area contributed by atoms with Crippen LogP contribution in [0.5, 0.6) is 0 Å². The van der Waals surface area contributed by atoms with E-state index in [9.17, 15) is 0 Å². The van der Waals surface area contributed by atoms with Gasteiger partial charge in [-0.05, 0) is 50.2 Å². The maximum absolute atomic E-state index is 5.86. The van der Waals surface area contributed by atoms with E-state index >= 15 is 0 Å². The van der Waals surface area contributed by atoms with Crippen LogP contribution >= 0.6 is 0 Å². The van der Waals surface area contributed by atoms with Crippen molar-refractivity contribution in [1.29, 1.82) is 0 Å². The van der Waals surface area contributed by atoms with Crippen LogP contribution in [0, 0.1) is 0 Å². The van der Waals surface area contributed by atoms with Crippen molar-refractivity contribution in [2.75, 3.05) is 0 Å².